The second kappa shape index (κ2) is 5.49. The molecule has 2 aliphatic rings. The van der Waals surface area contributed by atoms with Crippen LogP contribution in [0.3, 0.4) is 0 Å². The number of nitrogens with one attached hydrogen (secondary N) is 1. The SMILES string of the molecule is CC1(C)CCCCC1NCC1Cc2ccccc2S1. The number of fused-ring (bicyclic) bond motifs is 1. The molecule has 1 aliphatic carbocycles. The van der Waals surface area contributed by atoms with E-state index in [1.165, 1.54) is 37.0 Å². The Balaban J connectivity index is 1.54. The van der Waals surface area contributed by atoms with Crippen molar-refractivity contribution in [3.8, 4) is 0 Å². The van der Waals surface area contributed by atoms with Crippen molar-refractivity contribution < 1.29 is 0 Å². The molecule has 2 heteroatoms. The minimum Gasteiger partial charge on any atom is -0.312 e. The predicted molar refractivity (Wildman–Crippen MR) is 83.8 cm³/mol. The lowest BCUT2D eigenvalue weighted by Gasteiger charge is -2.39. The molecular formula is C17H25NS. The third kappa shape index (κ3) is 3.00. The van der Waals surface area contributed by atoms with Crippen LogP contribution >= 0.6 is 11.8 Å². The molecule has 1 aromatic rings. The predicted octanol–water partition coefficient (Wildman–Crippen LogP) is 4.26. The standard InChI is InChI=1S/C17H25NS/c1-17(2)10-6-5-9-16(17)18-12-14-11-13-7-3-4-8-15(13)19-14/h3-4,7-8,14,16,18H,5-6,9-12H2,1-2H3. The lowest BCUT2D eigenvalue weighted by atomic mass is 9.73. The summed E-state index contributed by atoms with van der Waals surface area (Å²) in [6.45, 7) is 6.02. The first kappa shape index (κ1) is 13.5. The number of hydrogen-bond donors (Lipinski definition) is 1. The van der Waals surface area contributed by atoms with Crippen LogP contribution in [-0.2, 0) is 6.42 Å². The third-order valence-electron chi connectivity index (χ3n) is 4.81. The Bertz CT molecular complexity index is 416. The Morgan fingerprint density at radius 3 is 2.89 bits per heavy atom. The molecule has 3 rings (SSSR count). The maximum absolute atomic E-state index is 3.87. The van der Waals surface area contributed by atoms with E-state index in [1.54, 1.807) is 5.56 Å². The van der Waals surface area contributed by atoms with Gasteiger partial charge in [0.15, 0.2) is 0 Å². The molecule has 0 aromatic heterocycles. The Hall–Kier alpha value is -0.470. The highest BCUT2D eigenvalue weighted by Gasteiger charge is 2.32. The molecule has 0 bridgehead atoms. The summed E-state index contributed by atoms with van der Waals surface area (Å²) in [6, 6.07) is 9.59. The quantitative estimate of drug-likeness (QED) is 0.884. The van der Waals surface area contributed by atoms with E-state index in [1.807, 2.05) is 0 Å². The van der Waals surface area contributed by atoms with Gasteiger partial charge in [-0.25, -0.2) is 0 Å². The van der Waals surface area contributed by atoms with Gasteiger partial charge in [0.05, 0.1) is 0 Å². The molecule has 1 aromatic carbocycles. The minimum absolute atomic E-state index is 0.481. The van der Waals surface area contributed by atoms with E-state index in [0.29, 0.717) is 11.5 Å². The zero-order valence-electron chi connectivity index (χ0n) is 12.1. The van der Waals surface area contributed by atoms with Gasteiger partial charge in [-0.3, -0.25) is 0 Å². The highest BCUT2D eigenvalue weighted by Crippen LogP contribution is 2.38. The second-order valence-corrected chi connectivity index (χ2v) is 8.09. The molecule has 0 radical (unpaired) electrons. The number of benzene rings is 1. The summed E-state index contributed by atoms with van der Waals surface area (Å²) >= 11 is 2.06. The van der Waals surface area contributed by atoms with Crippen LogP contribution in [0.1, 0.15) is 45.1 Å². The maximum atomic E-state index is 3.87. The third-order valence-corrected chi connectivity index (χ3v) is 6.13. The van der Waals surface area contributed by atoms with Gasteiger partial charge in [-0.1, -0.05) is 44.9 Å². The van der Waals surface area contributed by atoms with Gasteiger partial charge in [-0.05, 0) is 36.3 Å². The monoisotopic (exact) mass is 275 g/mol. The molecule has 1 saturated carbocycles. The van der Waals surface area contributed by atoms with Crippen LogP contribution in [0, 0.1) is 5.41 Å². The Labute approximate surface area is 121 Å². The fourth-order valence-electron chi connectivity index (χ4n) is 3.51. The van der Waals surface area contributed by atoms with E-state index in [-0.39, 0.29) is 0 Å². The first-order valence-corrected chi connectivity index (χ1v) is 8.51. The zero-order chi connectivity index (χ0) is 13.3. The zero-order valence-corrected chi connectivity index (χ0v) is 12.9. The van der Waals surface area contributed by atoms with Crippen LogP contribution in [-0.4, -0.2) is 17.8 Å². The molecule has 19 heavy (non-hydrogen) atoms. The first-order valence-electron chi connectivity index (χ1n) is 7.63. The molecular weight excluding hydrogens is 250 g/mol. The van der Waals surface area contributed by atoms with Crippen molar-refractivity contribution in [1.82, 2.24) is 5.32 Å². The van der Waals surface area contributed by atoms with Gasteiger partial charge in [0.2, 0.25) is 0 Å². The summed E-state index contributed by atoms with van der Waals surface area (Å²) in [5.41, 5.74) is 2.02. The summed E-state index contributed by atoms with van der Waals surface area (Å²) in [7, 11) is 0. The van der Waals surface area contributed by atoms with Crippen molar-refractivity contribution in [2.24, 2.45) is 5.41 Å². The smallest absolute Gasteiger partial charge is 0.0260 e. The Morgan fingerprint density at radius 1 is 1.26 bits per heavy atom. The Morgan fingerprint density at radius 2 is 2.11 bits per heavy atom. The van der Waals surface area contributed by atoms with E-state index in [2.05, 4.69) is 55.2 Å². The van der Waals surface area contributed by atoms with E-state index in [4.69, 9.17) is 0 Å². The lowest BCUT2D eigenvalue weighted by Crippen LogP contribution is -2.46. The summed E-state index contributed by atoms with van der Waals surface area (Å²) in [5.74, 6) is 0. The molecule has 0 amide bonds. The van der Waals surface area contributed by atoms with Crippen LogP contribution < -0.4 is 5.32 Å². The van der Waals surface area contributed by atoms with Crippen LogP contribution in [0.4, 0.5) is 0 Å². The molecule has 1 N–H and O–H groups in total. The topological polar surface area (TPSA) is 12.0 Å². The van der Waals surface area contributed by atoms with Crippen molar-refractivity contribution >= 4 is 11.8 Å². The first-order chi connectivity index (χ1) is 9.15. The van der Waals surface area contributed by atoms with Crippen LogP contribution in [0.5, 0.6) is 0 Å². The van der Waals surface area contributed by atoms with Crippen LogP contribution in [0.25, 0.3) is 0 Å². The van der Waals surface area contributed by atoms with Gasteiger partial charge in [-0.2, -0.15) is 0 Å². The van der Waals surface area contributed by atoms with E-state index in [0.717, 1.165) is 11.8 Å². The van der Waals surface area contributed by atoms with Gasteiger partial charge in [0.25, 0.3) is 0 Å². The lowest BCUT2D eigenvalue weighted by molar-refractivity contribution is 0.168. The summed E-state index contributed by atoms with van der Waals surface area (Å²) in [5, 5.41) is 4.60. The molecule has 2 unspecified atom stereocenters. The summed E-state index contributed by atoms with van der Waals surface area (Å²) in [6.07, 6.45) is 6.79. The van der Waals surface area contributed by atoms with Gasteiger partial charge in [0.1, 0.15) is 0 Å². The highest BCUT2D eigenvalue weighted by atomic mass is 32.2. The minimum atomic E-state index is 0.481. The average Bonchev–Trinajstić information content (AvgIpc) is 2.79. The summed E-state index contributed by atoms with van der Waals surface area (Å²) in [4.78, 5) is 1.50. The van der Waals surface area contributed by atoms with Gasteiger partial charge in [0, 0.05) is 22.7 Å². The molecule has 0 saturated heterocycles. The average molecular weight is 275 g/mol. The highest BCUT2D eigenvalue weighted by molar-refractivity contribution is 8.00. The molecule has 1 fully saturated rings. The maximum Gasteiger partial charge on any atom is 0.0260 e. The van der Waals surface area contributed by atoms with E-state index < -0.39 is 0 Å². The summed E-state index contributed by atoms with van der Waals surface area (Å²) < 4.78 is 0. The number of rotatable bonds is 3. The van der Waals surface area contributed by atoms with Crippen molar-refractivity contribution in [3.05, 3.63) is 29.8 Å². The second-order valence-electron chi connectivity index (χ2n) is 6.75. The molecule has 104 valence electrons. The molecule has 2 atom stereocenters. The number of hydrogen-bond acceptors (Lipinski definition) is 2. The van der Waals surface area contributed by atoms with Crippen LogP contribution in [0.2, 0.25) is 0 Å². The van der Waals surface area contributed by atoms with E-state index >= 15 is 0 Å². The Kier molecular flexibility index (Phi) is 3.91. The normalized spacial score (nSPS) is 29.2. The molecule has 0 spiro atoms. The largest absolute Gasteiger partial charge is 0.312 e. The van der Waals surface area contributed by atoms with Crippen molar-refractivity contribution in [2.45, 2.75) is 62.1 Å². The van der Waals surface area contributed by atoms with Gasteiger partial charge >= 0.3 is 0 Å². The number of thioether (sulfide) groups is 1. The molecule has 1 aliphatic heterocycles. The molecule has 1 nitrogen and oxygen atoms in total. The van der Waals surface area contributed by atoms with Gasteiger partial charge < -0.3 is 5.32 Å². The van der Waals surface area contributed by atoms with Gasteiger partial charge in [-0.15, -0.1) is 11.8 Å². The molecule has 1 heterocycles. The fourth-order valence-corrected chi connectivity index (χ4v) is 4.78. The van der Waals surface area contributed by atoms with Crippen LogP contribution in [0.15, 0.2) is 29.2 Å². The van der Waals surface area contributed by atoms with Crippen molar-refractivity contribution in [1.29, 1.82) is 0 Å². The van der Waals surface area contributed by atoms with Crippen molar-refractivity contribution in [2.75, 3.05) is 6.54 Å². The fraction of sp³-hybridized carbons (Fsp3) is 0.647. The van der Waals surface area contributed by atoms with E-state index in [9.17, 15) is 0 Å². The van der Waals surface area contributed by atoms with Crippen molar-refractivity contribution in [3.63, 3.8) is 0 Å².